The number of benzene rings is 1. The monoisotopic (exact) mass is 617 g/mol. The molecular formula is C28H40N7O7P. The van der Waals surface area contributed by atoms with Crippen LogP contribution in [0.15, 0.2) is 36.7 Å². The molecule has 0 aliphatic carbocycles. The second-order valence-electron chi connectivity index (χ2n) is 11.2. The van der Waals surface area contributed by atoms with E-state index in [1.165, 1.54) is 0 Å². The van der Waals surface area contributed by atoms with E-state index in [4.69, 9.17) is 18.5 Å². The van der Waals surface area contributed by atoms with Crippen LogP contribution in [0.5, 0.6) is 5.75 Å². The molecule has 1 aliphatic heterocycles. The van der Waals surface area contributed by atoms with Crippen molar-refractivity contribution >= 4 is 42.6 Å². The van der Waals surface area contributed by atoms with Crippen molar-refractivity contribution < 1.29 is 32.7 Å². The molecule has 234 valence electrons. The molecule has 4 atom stereocenters. The van der Waals surface area contributed by atoms with Gasteiger partial charge in [-0.1, -0.05) is 39.0 Å². The zero-order valence-electron chi connectivity index (χ0n) is 25.5. The highest BCUT2D eigenvalue weighted by molar-refractivity contribution is 7.52. The van der Waals surface area contributed by atoms with Crippen molar-refractivity contribution in [2.24, 2.45) is 11.8 Å². The van der Waals surface area contributed by atoms with Crippen molar-refractivity contribution in [3.05, 3.63) is 36.7 Å². The number of fused-ring (bicyclic) bond motifs is 1. The first-order valence-electron chi connectivity index (χ1n) is 14.2. The van der Waals surface area contributed by atoms with Crippen LogP contribution in [0.25, 0.3) is 11.2 Å². The molecule has 1 saturated heterocycles. The lowest BCUT2D eigenvalue weighted by atomic mass is 10.1. The molecule has 43 heavy (non-hydrogen) atoms. The van der Waals surface area contributed by atoms with Gasteiger partial charge in [0.1, 0.15) is 18.5 Å². The molecule has 0 bridgehead atoms. The molecule has 0 radical (unpaired) electrons. The van der Waals surface area contributed by atoms with E-state index >= 15 is 0 Å². The Morgan fingerprint density at radius 3 is 2.53 bits per heavy atom. The Morgan fingerprint density at radius 1 is 1.16 bits per heavy atom. The minimum Gasteiger partial charge on any atom is -0.462 e. The largest absolute Gasteiger partial charge is 0.462 e. The summed E-state index contributed by atoms with van der Waals surface area (Å²) in [5, 5.41) is 5.37. The first kappa shape index (κ1) is 32.3. The van der Waals surface area contributed by atoms with Crippen molar-refractivity contribution in [3.8, 4) is 5.75 Å². The van der Waals surface area contributed by atoms with Crippen LogP contribution in [0.4, 0.5) is 11.8 Å². The van der Waals surface area contributed by atoms with Crippen LogP contribution < -0.4 is 19.8 Å². The summed E-state index contributed by atoms with van der Waals surface area (Å²) in [7, 11) is -0.319. The van der Waals surface area contributed by atoms with Gasteiger partial charge in [-0.05, 0) is 32.4 Å². The van der Waals surface area contributed by atoms with E-state index in [1.54, 1.807) is 73.8 Å². The predicted octanol–water partition coefficient (Wildman–Crippen LogP) is 4.16. The van der Waals surface area contributed by atoms with E-state index in [2.05, 4.69) is 25.4 Å². The highest BCUT2D eigenvalue weighted by atomic mass is 31.2. The number of carbonyl (C=O) groups excluding carboxylic acids is 2. The average Bonchev–Trinajstić information content (AvgIpc) is 3.53. The van der Waals surface area contributed by atoms with Gasteiger partial charge in [0.25, 0.3) is 0 Å². The number of nitrogens with zero attached hydrogens (tertiary/aromatic N) is 5. The summed E-state index contributed by atoms with van der Waals surface area (Å²) in [5.74, 6) is -0.000169. The number of ether oxygens (including phenoxy) is 2. The van der Waals surface area contributed by atoms with E-state index in [0.717, 1.165) is 0 Å². The number of carbonyl (C=O) groups is 2. The average molecular weight is 618 g/mol. The van der Waals surface area contributed by atoms with Gasteiger partial charge in [0.15, 0.2) is 17.0 Å². The Bertz CT molecular complexity index is 1460. The molecule has 0 spiro atoms. The van der Waals surface area contributed by atoms with Gasteiger partial charge >= 0.3 is 13.7 Å². The summed E-state index contributed by atoms with van der Waals surface area (Å²) in [4.78, 5) is 39.9. The Morgan fingerprint density at radius 2 is 1.88 bits per heavy atom. The van der Waals surface area contributed by atoms with Gasteiger partial charge in [-0.15, -0.1) is 0 Å². The van der Waals surface area contributed by atoms with Crippen LogP contribution in [0.2, 0.25) is 0 Å². The van der Waals surface area contributed by atoms with Gasteiger partial charge in [-0.2, -0.15) is 9.97 Å². The lowest BCUT2D eigenvalue weighted by Crippen LogP contribution is -2.28. The molecule has 15 heteroatoms. The molecule has 1 amide bonds. The SMILES string of the molecule is CC(C)OC(=O)CNP(=O)(OC[C@@H]1C[C@H](C)[C@H](n2cnc3c(N(C)C)nc(NC(=O)C(C)C)nc32)O1)Oc1ccccc1. The number of para-hydroxylation sites is 1. The van der Waals surface area contributed by atoms with E-state index in [-0.39, 0.29) is 42.9 Å². The lowest BCUT2D eigenvalue weighted by molar-refractivity contribution is -0.146. The third-order valence-corrected chi connectivity index (χ3v) is 7.98. The number of imidazole rings is 1. The van der Waals surface area contributed by atoms with Crippen molar-refractivity contribution in [2.45, 2.75) is 59.5 Å². The van der Waals surface area contributed by atoms with Gasteiger partial charge in [0.2, 0.25) is 11.9 Å². The van der Waals surface area contributed by atoms with Crippen LogP contribution >= 0.6 is 7.75 Å². The smallest absolute Gasteiger partial charge is 0.459 e. The van der Waals surface area contributed by atoms with E-state index < -0.39 is 26.0 Å². The molecule has 3 heterocycles. The number of esters is 1. The molecule has 1 unspecified atom stereocenters. The maximum atomic E-state index is 13.7. The van der Waals surface area contributed by atoms with Gasteiger partial charge < -0.3 is 18.9 Å². The highest BCUT2D eigenvalue weighted by Crippen LogP contribution is 2.46. The number of hydrogen-bond acceptors (Lipinski definition) is 11. The normalized spacial score (nSPS) is 19.9. The van der Waals surface area contributed by atoms with Crippen LogP contribution in [-0.4, -0.2) is 70.9 Å². The molecule has 1 aliphatic rings. The number of rotatable bonds is 13. The van der Waals surface area contributed by atoms with Crippen molar-refractivity contribution in [2.75, 3.05) is 37.5 Å². The molecule has 2 N–H and O–H groups in total. The summed E-state index contributed by atoms with van der Waals surface area (Å²) in [6, 6.07) is 8.55. The van der Waals surface area contributed by atoms with Gasteiger partial charge in [0, 0.05) is 25.9 Å². The van der Waals surface area contributed by atoms with Crippen LogP contribution in [-0.2, 0) is 28.2 Å². The predicted molar refractivity (Wildman–Crippen MR) is 161 cm³/mol. The zero-order chi connectivity index (χ0) is 31.3. The third kappa shape index (κ3) is 8.29. The number of amides is 1. The molecular weight excluding hydrogens is 577 g/mol. The minimum atomic E-state index is -3.99. The number of nitrogens with one attached hydrogen (secondary N) is 2. The van der Waals surface area contributed by atoms with Crippen molar-refractivity contribution in [1.29, 1.82) is 0 Å². The number of anilines is 2. The Labute approximate surface area is 251 Å². The van der Waals surface area contributed by atoms with Crippen LogP contribution in [0, 0.1) is 11.8 Å². The van der Waals surface area contributed by atoms with Gasteiger partial charge in [-0.3, -0.25) is 24.0 Å². The third-order valence-electron chi connectivity index (χ3n) is 6.50. The molecule has 2 aromatic heterocycles. The fraction of sp³-hybridized carbons (Fsp3) is 0.536. The van der Waals surface area contributed by atoms with Crippen LogP contribution in [0.1, 0.15) is 47.3 Å². The molecule has 14 nitrogen and oxygen atoms in total. The Hall–Kier alpha value is -3.58. The van der Waals surface area contributed by atoms with E-state index in [9.17, 15) is 14.2 Å². The summed E-state index contributed by atoms with van der Waals surface area (Å²) >= 11 is 0. The first-order chi connectivity index (χ1) is 20.3. The number of aromatic nitrogens is 4. The first-order valence-corrected chi connectivity index (χ1v) is 15.7. The van der Waals surface area contributed by atoms with Crippen molar-refractivity contribution in [1.82, 2.24) is 24.6 Å². The fourth-order valence-corrected chi connectivity index (χ4v) is 5.74. The zero-order valence-corrected chi connectivity index (χ0v) is 26.4. The minimum absolute atomic E-state index is 0.000817. The molecule has 4 rings (SSSR count). The van der Waals surface area contributed by atoms with Crippen molar-refractivity contribution in [3.63, 3.8) is 0 Å². The summed E-state index contributed by atoms with van der Waals surface area (Å²) < 4.78 is 38.5. The Balaban J connectivity index is 1.51. The van der Waals surface area contributed by atoms with Gasteiger partial charge in [-0.25, -0.2) is 14.6 Å². The van der Waals surface area contributed by atoms with Gasteiger partial charge in [0.05, 0.1) is 25.1 Å². The maximum Gasteiger partial charge on any atom is 0.459 e. The quantitative estimate of drug-likeness (QED) is 0.209. The fourth-order valence-electron chi connectivity index (χ4n) is 4.45. The maximum absolute atomic E-state index is 13.7. The molecule has 1 fully saturated rings. The highest BCUT2D eigenvalue weighted by Gasteiger charge is 2.38. The lowest BCUT2D eigenvalue weighted by Gasteiger charge is -2.22. The second-order valence-corrected chi connectivity index (χ2v) is 12.9. The second kappa shape index (κ2) is 13.8. The molecule has 1 aromatic carbocycles. The number of hydrogen-bond donors (Lipinski definition) is 2. The molecule has 3 aromatic rings. The van der Waals surface area contributed by atoms with E-state index in [0.29, 0.717) is 29.2 Å². The summed E-state index contributed by atoms with van der Waals surface area (Å²) in [6.07, 6.45) is 0.963. The summed E-state index contributed by atoms with van der Waals surface area (Å²) in [6.45, 7) is 8.61. The molecule has 0 saturated carbocycles. The summed E-state index contributed by atoms with van der Waals surface area (Å²) in [5.41, 5.74) is 1.06. The Kier molecular flexibility index (Phi) is 10.4. The standard InChI is InChI=1S/C28H40N7O7P/c1-17(2)26(37)33-28-31-24(34(6)7)23-25(32-28)35(16-29-23)27-19(5)13-21(41-27)15-39-43(38,30-14-22(36)40-18(3)4)42-20-11-9-8-10-12-20/h8-12,16-19,21,27H,13-15H2,1-7H3,(H,30,38)(H,31,32,33,37)/t19-,21-,27+,43?/m0/s1. The topological polar surface area (TPSA) is 159 Å². The van der Waals surface area contributed by atoms with Crippen LogP contribution in [0.3, 0.4) is 0 Å². The van der Waals surface area contributed by atoms with E-state index in [1.807, 2.05) is 21.0 Å².